The number of benzene rings is 2. The first kappa shape index (κ1) is 25.7. The summed E-state index contributed by atoms with van der Waals surface area (Å²) in [5.74, 6) is 0.733. The molecule has 1 fully saturated rings. The lowest BCUT2D eigenvalue weighted by Crippen LogP contribution is -2.51. The molecule has 1 unspecified atom stereocenters. The van der Waals surface area contributed by atoms with E-state index in [0.29, 0.717) is 17.5 Å². The van der Waals surface area contributed by atoms with E-state index in [4.69, 9.17) is 9.98 Å². The van der Waals surface area contributed by atoms with E-state index in [1.165, 1.54) is 24.5 Å². The van der Waals surface area contributed by atoms with Crippen molar-refractivity contribution in [2.45, 2.75) is 55.8 Å². The standard InChI is InChI=1S/C29H29N7O4S/c1-18-11-13-20(14-12-18)41(39,40)35-16-15-30-26(35)24(37)27-32-25-23(34(27)17-19-7-4-3-5-8-19)28(38)33(2)29-31-21-9-6-10-22(21)36(25)29/h3-5,7-8,11-16,21-22,24,37H,6,9-10,17H2,1-2H3/t21-,22+,24?/m1/s1. The summed E-state index contributed by atoms with van der Waals surface area (Å²) in [6.07, 6.45) is 4.00. The average molecular weight is 572 g/mol. The van der Waals surface area contributed by atoms with Crippen molar-refractivity contribution in [3.05, 3.63) is 95.5 Å². The average Bonchev–Trinajstić information content (AvgIpc) is 3.75. The highest BCUT2D eigenvalue weighted by atomic mass is 32.2. The number of fused-ring (bicyclic) bond motifs is 5. The number of aliphatic hydroxyl groups is 1. The van der Waals surface area contributed by atoms with Gasteiger partial charge in [-0.15, -0.1) is 0 Å². The van der Waals surface area contributed by atoms with E-state index in [2.05, 4.69) is 4.98 Å². The Hall–Kier alpha value is -4.29. The number of anilines is 1. The molecule has 12 heteroatoms. The van der Waals surface area contributed by atoms with Crippen molar-refractivity contribution in [1.82, 2.24) is 23.4 Å². The summed E-state index contributed by atoms with van der Waals surface area (Å²) in [5, 5.41) is 11.8. The zero-order valence-corrected chi connectivity index (χ0v) is 23.4. The zero-order chi connectivity index (χ0) is 28.5. The van der Waals surface area contributed by atoms with Gasteiger partial charge in [0.15, 0.2) is 23.4 Å². The molecule has 0 spiro atoms. The number of guanidine groups is 1. The van der Waals surface area contributed by atoms with Crippen LogP contribution in [0.3, 0.4) is 0 Å². The number of carbonyl (C=O) groups excluding carboxylic acids is 1. The molecule has 4 aromatic rings. The molecule has 2 aliphatic heterocycles. The van der Waals surface area contributed by atoms with E-state index in [-0.39, 0.29) is 41.1 Å². The first-order chi connectivity index (χ1) is 19.8. The van der Waals surface area contributed by atoms with Gasteiger partial charge in [-0.05, 0) is 43.9 Å². The van der Waals surface area contributed by atoms with Gasteiger partial charge in [0.25, 0.3) is 15.9 Å². The molecule has 210 valence electrons. The van der Waals surface area contributed by atoms with Gasteiger partial charge >= 0.3 is 0 Å². The number of rotatable bonds is 6. The van der Waals surface area contributed by atoms with Gasteiger partial charge in [-0.3, -0.25) is 14.6 Å². The first-order valence-corrected chi connectivity index (χ1v) is 15.0. The van der Waals surface area contributed by atoms with Crippen LogP contribution in [0.1, 0.15) is 58.6 Å². The molecule has 0 radical (unpaired) electrons. The second-order valence-corrected chi connectivity index (χ2v) is 12.6. The summed E-state index contributed by atoms with van der Waals surface area (Å²) >= 11 is 0. The molecule has 7 rings (SSSR count). The molecule has 1 saturated carbocycles. The van der Waals surface area contributed by atoms with Crippen LogP contribution in [0.25, 0.3) is 0 Å². The fourth-order valence-electron chi connectivity index (χ4n) is 6.09. The van der Waals surface area contributed by atoms with Crippen molar-refractivity contribution in [3.63, 3.8) is 0 Å². The summed E-state index contributed by atoms with van der Waals surface area (Å²) < 4.78 is 29.9. The van der Waals surface area contributed by atoms with Crippen molar-refractivity contribution < 1.29 is 18.3 Å². The van der Waals surface area contributed by atoms with Gasteiger partial charge in [-0.25, -0.2) is 27.4 Å². The number of amides is 1. The first-order valence-electron chi connectivity index (χ1n) is 13.6. The van der Waals surface area contributed by atoms with Crippen LogP contribution < -0.4 is 4.90 Å². The molecule has 1 aliphatic carbocycles. The molecule has 2 aromatic heterocycles. The molecule has 2 aromatic carbocycles. The maximum Gasteiger partial charge on any atom is 0.280 e. The molecular formula is C29H29N7O4S. The summed E-state index contributed by atoms with van der Waals surface area (Å²) in [6, 6.07) is 16.2. The lowest BCUT2D eigenvalue weighted by Gasteiger charge is -2.34. The number of aryl methyl sites for hydroxylation is 1. The molecular weight excluding hydrogens is 542 g/mol. The lowest BCUT2D eigenvalue weighted by atomic mass is 10.1. The van der Waals surface area contributed by atoms with Gasteiger partial charge in [0, 0.05) is 26.0 Å². The van der Waals surface area contributed by atoms with Crippen molar-refractivity contribution in [1.29, 1.82) is 0 Å². The van der Waals surface area contributed by atoms with Crippen LogP contribution in [0.5, 0.6) is 0 Å². The molecule has 1 amide bonds. The van der Waals surface area contributed by atoms with Crippen LogP contribution >= 0.6 is 0 Å². The Labute approximate surface area is 237 Å². The Balaban J connectivity index is 1.38. The molecule has 3 atom stereocenters. The van der Waals surface area contributed by atoms with Crippen LogP contribution in [0.4, 0.5) is 5.82 Å². The summed E-state index contributed by atoms with van der Waals surface area (Å²) in [4.78, 5) is 31.4. The summed E-state index contributed by atoms with van der Waals surface area (Å²) in [6.45, 7) is 2.12. The van der Waals surface area contributed by atoms with Gasteiger partial charge in [-0.2, -0.15) is 0 Å². The van der Waals surface area contributed by atoms with E-state index < -0.39 is 16.1 Å². The second-order valence-electron chi connectivity index (χ2n) is 10.7. The third-order valence-corrected chi connectivity index (χ3v) is 9.87. The van der Waals surface area contributed by atoms with Crippen molar-refractivity contribution >= 4 is 27.7 Å². The third kappa shape index (κ3) is 3.92. The number of aliphatic hydroxyl groups excluding tert-OH is 1. The van der Waals surface area contributed by atoms with Gasteiger partial charge in [-0.1, -0.05) is 48.0 Å². The van der Waals surface area contributed by atoms with Crippen LogP contribution in [0.2, 0.25) is 0 Å². The normalized spacial score (nSPS) is 20.6. The maximum absolute atomic E-state index is 13.8. The number of imidazole rings is 2. The molecule has 41 heavy (non-hydrogen) atoms. The quantitative estimate of drug-likeness (QED) is 0.377. The molecule has 4 heterocycles. The predicted octanol–water partition coefficient (Wildman–Crippen LogP) is 2.94. The van der Waals surface area contributed by atoms with Crippen LogP contribution in [0, 0.1) is 6.92 Å². The topological polar surface area (TPSA) is 126 Å². The second kappa shape index (κ2) is 9.38. The number of aromatic nitrogens is 4. The van der Waals surface area contributed by atoms with Gasteiger partial charge in [0.05, 0.1) is 17.0 Å². The Morgan fingerprint density at radius 2 is 1.80 bits per heavy atom. The van der Waals surface area contributed by atoms with Gasteiger partial charge in [0.1, 0.15) is 5.82 Å². The minimum atomic E-state index is -4.06. The highest BCUT2D eigenvalue weighted by Gasteiger charge is 2.49. The summed E-state index contributed by atoms with van der Waals surface area (Å²) in [7, 11) is -2.36. The fraction of sp³-hybridized carbons (Fsp3) is 0.310. The molecule has 0 bridgehead atoms. The number of carbonyl (C=O) groups is 1. The van der Waals surface area contributed by atoms with Gasteiger partial charge in [0.2, 0.25) is 5.96 Å². The Bertz CT molecular complexity index is 1790. The largest absolute Gasteiger partial charge is 0.377 e. The Kier molecular flexibility index (Phi) is 5.87. The Morgan fingerprint density at radius 3 is 2.56 bits per heavy atom. The summed E-state index contributed by atoms with van der Waals surface area (Å²) in [5.41, 5.74) is 2.15. The molecule has 0 saturated heterocycles. The smallest absolute Gasteiger partial charge is 0.280 e. The minimum absolute atomic E-state index is 0.0727. The van der Waals surface area contributed by atoms with E-state index in [9.17, 15) is 18.3 Å². The molecule has 11 nitrogen and oxygen atoms in total. The SMILES string of the molecule is Cc1ccc(S(=O)(=O)n2ccnc2C(O)c2nc3c(n2Cc2ccccc2)C(=O)N(C)C2=N[C@@H]4CCC[C@@H]4N23)cc1. The highest BCUT2D eigenvalue weighted by Crippen LogP contribution is 2.41. The fourth-order valence-corrected chi connectivity index (χ4v) is 7.40. The van der Waals surface area contributed by atoms with Gasteiger partial charge < -0.3 is 9.67 Å². The Morgan fingerprint density at radius 1 is 1.05 bits per heavy atom. The van der Waals surface area contributed by atoms with Crippen molar-refractivity contribution in [2.24, 2.45) is 4.99 Å². The monoisotopic (exact) mass is 571 g/mol. The third-order valence-electron chi connectivity index (χ3n) is 8.17. The number of aliphatic imine (C=N–C) groups is 1. The minimum Gasteiger partial charge on any atom is -0.377 e. The van der Waals surface area contributed by atoms with Crippen molar-refractivity contribution in [3.8, 4) is 0 Å². The predicted molar refractivity (Wildman–Crippen MR) is 151 cm³/mol. The van der Waals surface area contributed by atoms with Crippen LogP contribution in [-0.2, 0) is 16.6 Å². The maximum atomic E-state index is 13.8. The lowest BCUT2D eigenvalue weighted by molar-refractivity contribution is 0.0853. The van der Waals surface area contributed by atoms with E-state index in [1.807, 2.05) is 42.2 Å². The van der Waals surface area contributed by atoms with E-state index in [1.54, 1.807) is 28.6 Å². The molecule has 1 N–H and O–H groups in total. The van der Waals surface area contributed by atoms with E-state index >= 15 is 0 Å². The number of hydrogen-bond acceptors (Lipinski definition) is 8. The van der Waals surface area contributed by atoms with Crippen LogP contribution in [-0.4, -0.2) is 67.9 Å². The molecule has 3 aliphatic rings. The van der Waals surface area contributed by atoms with E-state index in [0.717, 1.165) is 34.4 Å². The zero-order valence-electron chi connectivity index (χ0n) is 22.6. The number of hydrogen-bond donors (Lipinski definition) is 1. The van der Waals surface area contributed by atoms with Crippen molar-refractivity contribution in [2.75, 3.05) is 11.9 Å². The number of nitrogens with zero attached hydrogens (tertiary/aromatic N) is 7. The van der Waals surface area contributed by atoms with Crippen LogP contribution in [0.15, 0.2) is 76.9 Å². The highest BCUT2D eigenvalue weighted by molar-refractivity contribution is 7.90.